The van der Waals surface area contributed by atoms with E-state index in [1.807, 2.05) is 0 Å². The number of carbonyl (C=O) groups is 2. The molecule has 1 aliphatic rings. The predicted octanol–water partition coefficient (Wildman–Crippen LogP) is 4.24. The number of ketones is 1. The van der Waals surface area contributed by atoms with Crippen LogP contribution in [0.4, 0.5) is 22.4 Å². The van der Waals surface area contributed by atoms with Crippen molar-refractivity contribution in [2.75, 3.05) is 0 Å². The topological polar surface area (TPSA) is 78.4 Å². The van der Waals surface area contributed by atoms with Gasteiger partial charge in [0.2, 0.25) is 5.72 Å². The van der Waals surface area contributed by atoms with Gasteiger partial charge in [0.25, 0.3) is 0 Å². The molecule has 2 aromatic carbocycles. The largest absolute Gasteiger partial charge is 0.437 e. The van der Waals surface area contributed by atoms with Crippen LogP contribution in [0.2, 0.25) is 10.0 Å². The van der Waals surface area contributed by atoms with Gasteiger partial charge < -0.3 is 15.7 Å². The molecule has 1 fully saturated rings. The van der Waals surface area contributed by atoms with Crippen LogP contribution in [0, 0.1) is 11.7 Å². The van der Waals surface area contributed by atoms with Crippen molar-refractivity contribution < 1.29 is 32.3 Å². The fourth-order valence-corrected chi connectivity index (χ4v) is 3.59. The van der Waals surface area contributed by atoms with Gasteiger partial charge in [-0.3, -0.25) is 4.79 Å². The van der Waals surface area contributed by atoms with Gasteiger partial charge in [-0.05, 0) is 36.4 Å². The molecule has 1 saturated heterocycles. The molecule has 0 aromatic heterocycles. The number of urea groups is 1. The summed E-state index contributed by atoms with van der Waals surface area (Å²) in [5, 5.41) is 13.7. The third kappa shape index (κ3) is 3.77. The molecular formula is C18H12Cl2F4N2O3. The van der Waals surface area contributed by atoms with Gasteiger partial charge in [-0.1, -0.05) is 29.3 Å². The number of nitrogens with one attached hydrogen (secondary N) is 2. The zero-order chi connectivity index (χ0) is 21.6. The van der Waals surface area contributed by atoms with Crippen LogP contribution in [0.1, 0.15) is 22.0 Å². The maximum Gasteiger partial charge on any atom is 0.437 e. The summed E-state index contributed by atoms with van der Waals surface area (Å²) >= 11 is 11.7. The Morgan fingerprint density at radius 3 is 2.28 bits per heavy atom. The highest BCUT2D eigenvalue weighted by Gasteiger charge is 2.66. The van der Waals surface area contributed by atoms with E-state index < -0.39 is 47.1 Å². The highest BCUT2D eigenvalue weighted by molar-refractivity contribution is 6.31. The average Bonchev–Trinajstić information content (AvgIpc) is 2.60. The zero-order valence-electron chi connectivity index (χ0n) is 14.2. The summed E-state index contributed by atoms with van der Waals surface area (Å²) in [6, 6.07) is 4.77. The molecule has 5 nitrogen and oxygen atoms in total. The molecule has 2 aromatic rings. The fraction of sp³-hybridized carbons (Fsp3) is 0.222. The molecule has 3 rings (SSSR count). The van der Waals surface area contributed by atoms with E-state index in [0.29, 0.717) is 0 Å². The minimum absolute atomic E-state index is 0.219. The molecule has 0 spiro atoms. The van der Waals surface area contributed by atoms with Crippen molar-refractivity contribution in [3.63, 3.8) is 0 Å². The Morgan fingerprint density at radius 2 is 1.72 bits per heavy atom. The summed E-state index contributed by atoms with van der Waals surface area (Å²) in [6.07, 6.45) is -5.46. The number of halogens is 6. The van der Waals surface area contributed by atoms with E-state index in [-0.39, 0.29) is 15.6 Å². The molecule has 11 heteroatoms. The van der Waals surface area contributed by atoms with Gasteiger partial charge in [0, 0.05) is 21.2 Å². The predicted molar refractivity (Wildman–Crippen MR) is 96.1 cm³/mol. The van der Waals surface area contributed by atoms with Gasteiger partial charge in [-0.2, -0.15) is 13.2 Å². The normalized spacial score (nSPS) is 24.6. The molecule has 0 aliphatic carbocycles. The quantitative estimate of drug-likeness (QED) is 0.483. The van der Waals surface area contributed by atoms with Crippen LogP contribution in [0.5, 0.6) is 0 Å². The van der Waals surface area contributed by atoms with Crippen molar-refractivity contribution in [1.82, 2.24) is 10.6 Å². The lowest BCUT2D eigenvalue weighted by molar-refractivity contribution is -0.287. The Labute approximate surface area is 171 Å². The minimum atomic E-state index is -5.46. The van der Waals surface area contributed by atoms with Crippen LogP contribution in [0.25, 0.3) is 0 Å². The second kappa shape index (κ2) is 7.47. The smallest absolute Gasteiger partial charge is 0.363 e. The molecular weight excluding hydrogens is 439 g/mol. The first kappa shape index (κ1) is 21.4. The van der Waals surface area contributed by atoms with Crippen molar-refractivity contribution in [3.8, 4) is 0 Å². The lowest BCUT2D eigenvalue weighted by Gasteiger charge is -2.45. The van der Waals surface area contributed by atoms with E-state index in [2.05, 4.69) is 5.32 Å². The van der Waals surface area contributed by atoms with Gasteiger partial charge in [0.1, 0.15) is 11.7 Å². The maximum absolute atomic E-state index is 14.5. The van der Waals surface area contributed by atoms with Crippen LogP contribution < -0.4 is 10.6 Å². The number of benzene rings is 2. The van der Waals surface area contributed by atoms with Crippen LogP contribution >= 0.6 is 23.2 Å². The van der Waals surface area contributed by atoms with E-state index in [4.69, 9.17) is 23.2 Å². The van der Waals surface area contributed by atoms with Crippen LogP contribution in [0.3, 0.4) is 0 Å². The van der Waals surface area contributed by atoms with Gasteiger partial charge in [0.05, 0.1) is 6.04 Å². The molecule has 1 heterocycles. The van der Waals surface area contributed by atoms with Crippen molar-refractivity contribution in [2.24, 2.45) is 5.92 Å². The third-order valence-electron chi connectivity index (χ3n) is 4.53. The summed E-state index contributed by atoms with van der Waals surface area (Å²) in [4.78, 5) is 24.9. The van der Waals surface area contributed by atoms with Gasteiger partial charge >= 0.3 is 12.2 Å². The number of Topliss-reactive ketones (excluding diaryl/α,β-unsaturated/α-hetero) is 1. The molecule has 2 amide bonds. The first-order valence-electron chi connectivity index (χ1n) is 8.07. The van der Waals surface area contributed by atoms with E-state index in [1.54, 1.807) is 0 Å². The lowest BCUT2D eigenvalue weighted by Crippen LogP contribution is -2.72. The number of hydrogen-bond acceptors (Lipinski definition) is 3. The monoisotopic (exact) mass is 450 g/mol. The third-order valence-corrected chi connectivity index (χ3v) is 5.11. The lowest BCUT2D eigenvalue weighted by atomic mass is 9.77. The van der Waals surface area contributed by atoms with E-state index in [1.165, 1.54) is 29.6 Å². The van der Waals surface area contributed by atoms with Crippen LogP contribution in [0.15, 0.2) is 42.5 Å². The van der Waals surface area contributed by atoms with Crippen molar-refractivity contribution >= 4 is 35.0 Å². The highest BCUT2D eigenvalue weighted by Crippen LogP contribution is 2.45. The average molecular weight is 451 g/mol. The molecule has 1 aliphatic heterocycles. The summed E-state index contributed by atoms with van der Waals surface area (Å²) < 4.78 is 55.8. The highest BCUT2D eigenvalue weighted by atomic mass is 35.5. The number of alkyl halides is 3. The Kier molecular flexibility index (Phi) is 5.50. The molecule has 0 unspecified atom stereocenters. The molecule has 0 radical (unpaired) electrons. The molecule has 29 heavy (non-hydrogen) atoms. The number of amides is 2. The molecule has 154 valence electrons. The van der Waals surface area contributed by atoms with Gasteiger partial charge in [-0.15, -0.1) is 0 Å². The standard InChI is InChI=1S/C18H12Cl2F4N2O3/c19-9-6-4-8(5-7-9)15(27)13-14(12-10(20)2-1-3-11(12)21)25-16(28)26-17(13,29)18(22,23)24/h1-7,13-14,29H,(H2,25,26,28)/t13-,14+,17-/m0/s1. The van der Waals surface area contributed by atoms with Crippen molar-refractivity contribution in [2.45, 2.75) is 17.9 Å². The molecule has 3 atom stereocenters. The molecule has 0 bridgehead atoms. The Hall–Kier alpha value is -2.36. The number of hydrogen-bond donors (Lipinski definition) is 3. The summed E-state index contributed by atoms with van der Waals surface area (Å²) in [6.45, 7) is 0. The van der Waals surface area contributed by atoms with Crippen LogP contribution in [-0.2, 0) is 0 Å². The van der Waals surface area contributed by atoms with Gasteiger partial charge in [0.15, 0.2) is 5.78 Å². The first-order chi connectivity index (χ1) is 13.5. The van der Waals surface area contributed by atoms with E-state index in [0.717, 1.165) is 18.2 Å². The number of carbonyl (C=O) groups excluding carboxylic acids is 2. The van der Waals surface area contributed by atoms with E-state index >= 15 is 0 Å². The van der Waals surface area contributed by atoms with Crippen molar-refractivity contribution in [1.29, 1.82) is 0 Å². The maximum atomic E-state index is 14.5. The summed E-state index contributed by atoms with van der Waals surface area (Å²) in [5.74, 6) is -4.66. The zero-order valence-corrected chi connectivity index (χ0v) is 15.7. The second-order valence-electron chi connectivity index (χ2n) is 6.32. The fourth-order valence-electron chi connectivity index (χ4n) is 3.18. The SMILES string of the molecule is O=C1N[C@H](c2c(F)cccc2Cl)[C@@H](C(=O)c2ccc(Cl)cc2)[C@](O)(C(F)(F)F)N1. The Balaban J connectivity index is 2.23. The molecule has 3 N–H and O–H groups in total. The number of rotatable bonds is 3. The van der Waals surface area contributed by atoms with Gasteiger partial charge in [-0.25, -0.2) is 9.18 Å². The van der Waals surface area contributed by atoms with E-state index in [9.17, 15) is 32.3 Å². The minimum Gasteiger partial charge on any atom is -0.363 e. The second-order valence-corrected chi connectivity index (χ2v) is 7.17. The number of aliphatic hydroxyl groups is 1. The van der Waals surface area contributed by atoms with Crippen LogP contribution in [-0.4, -0.2) is 28.8 Å². The summed E-state index contributed by atoms with van der Waals surface area (Å²) in [7, 11) is 0. The first-order valence-corrected chi connectivity index (χ1v) is 8.83. The van der Waals surface area contributed by atoms with Crippen molar-refractivity contribution in [3.05, 3.63) is 69.5 Å². The Morgan fingerprint density at radius 1 is 1.10 bits per heavy atom. The molecule has 0 saturated carbocycles. The summed E-state index contributed by atoms with van der Waals surface area (Å²) in [5.41, 5.74) is -4.78. The Bertz CT molecular complexity index is 948.